The van der Waals surface area contributed by atoms with Crippen LogP contribution in [0.15, 0.2) is 64.3 Å². The Morgan fingerprint density at radius 2 is 1.84 bits per heavy atom. The zero-order valence-corrected chi connectivity index (χ0v) is 18.4. The molecule has 0 aliphatic heterocycles. The second-order valence-electron chi connectivity index (χ2n) is 6.36. The van der Waals surface area contributed by atoms with Gasteiger partial charge in [-0.15, -0.1) is 0 Å². The van der Waals surface area contributed by atoms with Gasteiger partial charge in [-0.05, 0) is 48.0 Å². The van der Waals surface area contributed by atoms with Crippen LogP contribution in [0, 0.1) is 0 Å². The van der Waals surface area contributed by atoms with Gasteiger partial charge in [0.2, 0.25) is 0 Å². The number of ether oxygens (including phenoxy) is 2. The molecule has 0 spiro atoms. The van der Waals surface area contributed by atoms with Crippen molar-refractivity contribution in [3.05, 3.63) is 81.7 Å². The SMILES string of the molecule is COc1cc(/C=N\NC(=O)C(=O)NCc2ccco2)ccc1OCc1c(Cl)cccc1Cl. The number of hydrogen-bond acceptors (Lipinski definition) is 6. The van der Waals surface area contributed by atoms with E-state index in [1.165, 1.54) is 19.6 Å². The summed E-state index contributed by atoms with van der Waals surface area (Å²) in [7, 11) is 1.50. The summed E-state index contributed by atoms with van der Waals surface area (Å²) in [5, 5.41) is 7.22. The number of hydrogen-bond donors (Lipinski definition) is 2. The van der Waals surface area contributed by atoms with Crippen LogP contribution in [0.25, 0.3) is 0 Å². The van der Waals surface area contributed by atoms with Crippen molar-refractivity contribution in [3.63, 3.8) is 0 Å². The Bertz CT molecular complexity index is 1100. The lowest BCUT2D eigenvalue weighted by Crippen LogP contribution is -2.37. The number of halogens is 2. The van der Waals surface area contributed by atoms with Crippen LogP contribution in [0.4, 0.5) is 0 Å². The molecule has 8 nitrogen and oxygen atoms in total. The van der Waals surface area contributed by atoms with Crippen molar-refractivity contribution in [1.82, 2.24) is 10.7 Å². The standard InChI is InChI=1S/C22H19Cl2N3O5/c1-30-20-10-14(7-8-19(20)32-13-16-17(23)5-2-6-18(16)24)11-26-27-22(29)21(28)25-12-15-4-3-9-31-15/h2-11H,12-13H2,1H3,(H,25,28)(H,27,29)/b26-11-. The summed E-state index contributed by atoms with van der Waals surface area (Å²) >= 11 is 12.3. The maximum atomic E-state index is 11.8. The number of nitrogens with one attached hydrogen (secondary N) is 2. The zero-order valence-electron chi connectivity index (χ0n) is 16.9. The minimum absolute atomic E-state index is 0.0982. The van der Waals surface area contributed by atoms with Gasteiger partial charge in [0.25, 0.3) is 0 Å². The molecule has 3 rings (SSSR count). The van der Waals surface area contributed by atoms with Crippen LogP contribution in [0.2, 0.25) is 10.0 Å². The highest BCUT2D eigenvalue weighted by Gasteiger charge is 2.13. The van der Waals surface area contributed by atoms with Gasteiger partial charge in [-0.1, -0.05) is 29.3 Å². The molecule has 0 saturated carbocycles. The highest BCUT2D eigenvalue weighted by Crippen LogP contribution is 2.31. The van der Waals surface area contributed by atoms with E-state index in [0.29, 0.717) is 38.4 Å². The number of benzene rings is 2. The number of carbonyl (C=O) groups is 2. The largest absolute Gasteiger partial charge is 0.493 e. The molecule has 166 valence electrons. The molecule has 0 unspecified atom stereocenters. The summed E-state index contributed by atoms with van der Waals surface area (Å²) in [5.74, 6) is -0.295. The van der Waals surface area contributed by atoms with Gasteiger partial charge in [-0.25, -0.2) is 5.43 Å². The summed E-state index contributed by atoms with van der Waals surface area (Å²) in [6.45, 7) is 0.256. The van der Waals surface area contributed by atoms with Crippen molar-refractivity contribution >= 4 is 41.2 Å². The third-order valence-corrected chi connectivity index (χ3v) is 4.92. The molecule has 3 aromatic rings. The number of nitrogens with zero attached hydrogens (tertiary/aromatic N) is 1. The molecule has 1 aromatic heterocycles. The lowest BCUT2D eigenvalue weighted by Gasteiger charge is -2.13. The molecule has 0 atom stereocenters. The Labute approximate surface area is 194 Å². The summed E-state index contributed by atoms with van der Waals surface area (Å²) in [4.78, 5) is 23.6. The molecule has 0 aliphatic rings. The zero-order chi connectivity index (χ0) is 22.9. The minimum atomic E-state index is -0.906. The molecule has 1 heterocycles. The smallest absolute Gasteiger partial charge is 0.329 e. The third kappa shape index (κ3) is 6.26. The monoisotopic (exact) mass is 475 g/mol. The van der Waals surface area contributed by atoms with Crippen LogP contribution < -0.4 is 20.2 Å². The lowest BCUT2D eigenvalue weighted by molar-refractivity contribution is -0.139. The Morgan fingerprint density at radius 1 is 1.06 bits per heavy atom. The Balaban J connectivity index is 1.56. The van der Waals surface area contributed by atoms with E-state index in [0.717, 1.165) is 0 Å². The number of carbonyl (C=O) groups excluding carboxylic acids is 2. The van der Waals surface area contributed by atoms with Crippen molar-refractivity contribution in [3.8, 4) is 11.5 Å². The molecule has 0 bridgehead atoms. The lowest BCUT2D eigenvalue weighted by atomic mass is 10.2. The van der Waals surface area contributed by atoms with E-state index >= 15 is 0 Å². The first-order valence-corrected chi connectivity index (χ1v) is 10.1. The van der Waals surface area contributed by atoms with E-state index < -0.39 is 11.8 Å². The van der Waals surface area contributed by atoms with E-state index in [9.17, 15) is 9.59 Å². The van der Waals surface area contributed by atoms with Crippen LogP contribution in [-0.4, -0.2) is 25.1 Å². The van der Waals surface area contributed by atoms with E-state index in [1.54, 1.807) is 48.5 Å². The van der Waals surface area contributed by atoms with Crippen LogP contribution in [0.3, 0.4) is 0 Å². The first-order valence-electron chi connectivity index (χ1n) is 9.35. The van der Waals surface area contributed by atoms with Gasteiger partial charge < -0.3 is 19.2 Å². The Kier molecular flexibility index (Phi) is 8.13. The molecular formula is C22H19Cl2N3O5. The summed E-state index contributed by atoms with van der Waals surface area (Å²) in [6.07, 6.45) is 2.84. The first kappa shape index (κ1) is 23.2. The Hall–Kier alpha value is -3.49. The maximum Gasteiger partial charge on any atom is 0.329 e. The molecule has 2 amide bonds. The highest BCUT2D eigenvalue weighted by molar-refractivity contribution is 6.36. The van der Waals surface area contributed by atoms with Crippen LogP contribution in [0.1, 0.15) is 16.9 Å². The quantitative estimate of drug-likeness (QED) is 0.291. The molecule has 32 heavy (non-hydrogen) atoms. The highest BCUT2D eigenvalue weighted by atomic mass is 35.5. The maximum absolute atomic E-state index is 11.8. The molecule has 0 fully saturated rings. The van der Waals surface area contributed by atoms with Crippen LogP contribution >= 0.6 is 23.2 Å². The average molecular weight is 476 g/mol. The van der Waals surface area contributed by atoms with Gasteiger partial charge in [0, 0.05) is 15.6 Å². The molecule has 10 heteroatoms. The minimum Gasteiger partial charge on any atom is -0.493 e. The Morgan fingerprint density at radius 3 is 2.53 bits per heavy atom. The van der Waals surface area contributed by atoms with Gasteiger partial charge in [0.1, 0.15) is 12.4 Å². The van der Waals surface area contributed by atoms with Gasteiger partial charge in [-0.3, -0.25) is 9.59 Å². The average Bonchev–Trinajstić information content (AvgIpc) is 3.31. The second-order valence-corrected chi connectivity index (χ2v) is 7.17. The molecule has 0 aliphatic carbocycles. The van der Waals surface area contributed by atoms with Crippen molar-refractivity contribution < 1.29 is 23.5 Å². The van der Waals surface area contributed by atoms with Crippen molar-refractivity contribution in [1.29, 1.82) is 0 Å². The molecule has 0 saturated heterocycles. The fourth-order valence-electron chi connectivity index (χ4n) is 2.58. The normalized spacial score (nSPS) is 10.7. The third-order valence-electron chi connectivity index (χ3n) is 4.21. The number of methoxy groups -OCH3 is 1. The summed E-state index contributed by atoms with van der Waals surface area (Å²) in [5.41, 5.74) is 3.43. The van der Waals surface area contributed by atoms with Crippen molar-refractivity contribution in [2.24, 2.45) is 5.10 Å². The predicted molar refractivity (Wildman–Crippen MR) is 120 cm³/mol. The molecule has 0 radical (unpaired) electrons. The predicted octanol–water partition coefficient (Wildman–Crippen LogP) is 3.94. The molecule has 2 N–H and O–H groups in total. The van der Waals surface area contributed by atoms with E-state index in [4.69, 9.17) is 37.1 Å². The number of rotatable bonds is 8. The van der Waals surface area contributed by atoms with Gasteiger partial charge in [0.15, 0.2) is 11.5 Å². The summed E-state index contributed by atoms with van der Waals surface area (Å²) in [6, 6.07) is 13.6. The number of amides is 2. The van der Waals surface area contributed by atoms with Crippen molar-refractivity contribution in [2.45, 2.75) is 13.2 Å². The topological polar surface area (TPSA) is 102 Å². The molecule has 2 aromatic carbocycles. The van der Waals surface area contributed by atoms with E-state index in [1.807, 2.05) is 0 Å². The van der Waals surface area contributed by atoms with Gasteiger partial charge in [0.05, 0.1) is 26.1 Å². The van der Waals surface area contributed by atoms with Crippen molar-refractivity contribution in [2.75, 3.05) is 7.11 Å². The molecular weight excluding hydrogens is 457 g/mol. The van der Waals surface area contributed by atoms with Crippen LogP contribution in [-0.2, 0) is 22.7 Å². The summed E-state index contributed by atoms with van der Waals surface area (Å²) < 4.78 is 16.2. The second kappa shape index (κ2) is 11.2. The van der Waals surface area contributed by atoms with Gasteiger partial charge in [-0.2, -0.15) is 5.10 Å². The fraction of sp³-hybridized carbons (Fsp3) is 0.136. The number of furan rings is 1. The number of hydrazone groups is 1. The fourth-order valence-corrected chi connectivity index (χ4v) is 3.09. The van der Waals surface area contributed by atoms with Crippen LogP contribution in [0.5, 0.6) is 11.5 Å². The van der Waals surface area contributed by atoms with E-state index in [2.05, 4.69) is 15.8 Å². The van der Waals surface area contributed by atoms with Gasteiger partial charge >= 0.3 is 11.8 Å². The first-order chi connectivity index (χ1) is 15.5. The van der Waals surface area contributed by atoms with E-state index in [-0.39, 0.29) is 13.2 Å².